The summed E-state index contributed by atoms with van der Waals surface area (Å²) in [6.45, 7) is 0.730. The minimum absolute atomic E-state index is 0.126. The minimum Gasteiger partial charge on any atom is -0.491 e. The molecule has 0 spiro atoms. The Hall–Kier alpha value is -3.71. The van der Waals surface area contributed by atoms with Crippen molar-refractivity contribution in [2.45, 2.75) is 25.0 Å². The predicted octanol–water partition coefficient (Wildman–Crippen LogP) is 4.14. The third-order valence-electron chi connectivity index (χ3n) is 5.90. The molecule has 0 unspecified atom stereocenters. The average molecular weight is 445 g/mol. The Morgan fingerprint density at radius 1 is 1.03 bits per heavy atom. The number of benzene rings is 3. The van der Waals surface area contributed by atoms with Gasteiger partial charge in [-0.2, -0.15) is 0 Å². The summed E-state index contributed by atoms with van der Waals surface area (Å²) in [6.07, 6.45) is -0.546. The summed E-state index contributed by atoms with van der Waals surface area (Å²) in [4.78, 5) is 19.0. The van der Waals surface area contributed by atoms with Gasteiger partial charge in [0.25, 0.3) is 0 Å². The number of nitrogens with zero attached hydrogens (tertiary/aromatic N) is 3. The molecule has 1 aliphatic heterocycles. The Bertz CT molecular complexity index is 1270. The van der Waals surface area contributed by atoms with E-state index < -0.39 is 11.9 Å². The fourth-order valence-corrected chi connectivity index (χ4v) is 4.35. The van der Waals surface area contributed by atoms with Crippen molar-refractivity contribution in [3.05, 3.63) is 90.5 Å². The summed E-state index contributed by atoms with van der Waals surface area (Å²) < 4.78 is 22.0. The van der Waals surface area contributed by atoms with Crippen molar-refractivity contribution in [1.29, 1.82) is 0 Å². The number of aliphatic hydroxyl groups is 1. The maximum Gasteiger partial charge on any atom is 0.227 e. The van der Waals surface area contributed by atoms with E-state index >= 15 is 0 Å². The molecule has 1 N–H and O–H groups in total. The molecule has 0 radical (unpaired) electrons. The molecule has 3 aromatic carbocycles. The number of imidazole rings is 1. The number of para-hydroxylation sites is 4. The minimum atomic E-state index is -0.777. The van der Waals surface area contributed by atoms with Gasteiger partial charge in [0.15, 0.2) is 0 Å². The molecule has 1 amide bonds. The zero-order valence-corrected chi connectivity index (χ0v) is 18.0. The summed E-state index contributed by atoms with van der Waals surface area (Å²) in [6, 6.07) is 23.3. The van der Waals surface area contributed by atoms with E-state index in [1.165, 1.54) is 11.0 Å². The summed E-state index contributed by atoms with van der Waals surface area (Å²) >= 11 is 0. The number of amides is 1. The third-order valence-corrected chi connectivity index (χ3v) is 5.90. The molecule has 1 saturated heterocycles. The lowest BCUT2D eigenvalue weighted by molar-refractivity contribution is -0.117. The van der Waals surface area contributed by atoms with E-state index in [-0.39, 0.29) is 37.1 Å². The highest BCUT2D eigenvalue weighted by Crippen LogP contribution is 2.34. The van der Waals surface area contributed by atoms with Crippen LogP contribution in [-0.2, 0) is 11.3 Å². The molecule has 0 saturated carbocycles. The monoisotopic (exact) mass is 445 g/mol. The van der Waals surface area contributed by atoms with Crippen molar-refractivity contribution < 1.29 is 19.0 Å². The quantitative estimate of drug-likeness (QED) is 0.464. The van der Waals surface area contributed by atoms with E-state index in [0.29, 0.717) is 18.1 Å². The van der Waals surface area contributed by atoms with Crippen molar-refractivity contribution in [3.8, 4) is 5.75 Å². The second-order valence-corrected chi connectivity index (χ2v) is 8.20. The first-order chi connectivity index (χ1) is 16.1. The lowest BCUT2D eigenvalue weighted by Crippen LogP contribution is -2.27. The van der Waals surface area contributed by atoms with Crippen LogP contribution in [0.4, 0.5) is 10.1 Å². The van der Waals surface area contributed by atoms with Gasteiger partial charge in [0.1, 0.15) is 30.1 Å². The van der Waals surface area contributed by atoms with Crippen molar-refractivity contribution in [2.24, 2.45) is 0 Å². The van der Waals surface area contributed by atoms with Gasteiger partial charge >= 0.3 is 0 Å². The van der Waals surface area contributed by atoms with Gasteiger partial charge in [-0.25, -0.2) is 9.37 Å². The van der Waals surface area contributed by atoms with Crippen molar-refractivity contribution in [3.63, 3.8) is 0 Å². The van der Waals surface area contributed by atoms with E-state index in [1.54, 1.807) is 18.2 Å². The number of halogens is 1. The molecule has 1 fully saturated rings. The molecule has 1 aliphatic rings. The molecule has 1 aromatic heterocycles. The maximum absolute atomic E-state index is 14.3. The first kappa shape index (κ1) is 21.2. The average Bonchev–Trinajstić information content (AvgIpc) is 3.39. The predicted molar refractivity (Wildman–Crippen MR) is 124 cm³/mol. The van der Waals surface area contributed by atoms with Crippen LogP contribution in [0.1, 0.15) is 18.2 Å². The number of fused-ring (bicyclic) bond motifs is 1. The Labute approximate surface area is 190 Å². The van der Waals surface area contributed by atoms with Gasteiger partial charge in [0.05, 0.1) is 23.3 Å². The standard InChI is InChI=1S/C26H24FN3O3/c27-21-10-4-6-12-23(21)29-15-18(14-25(29)32)26-28-22-11-5-7-13-24(22)30(26)16-19(31)17-33-20-8-2-1-3-9-20/h1-13,18-19,31H,14-17H2/t18-,19+/m1/s1. The number of anilines is 1. The zero-order chi connectivity index (χ0) is 22.8. The van der Waals surface area contributed by atoms with Gasteiger partial charge in [-0.05, 0) is 36.4 Å². The van der Waals surface area contributed by atoms with Crippen LogP contribution in [0, 0.1) is 5.82 Å². The molecule has 2 heterocycles. The van der Waals surface area contributed by atoms with Crippen molar-refractivity contribution in [1.82, 2.24) is 9.55 Å². The van der Waals surface area contributed by atoms with Crippen LogP contribution in [-0.4, -0.2) is 39.8 Å². The van der Waals surface area contributed by atoms with E-state index in [4.69, 9.17) is 9.72 Å². The lowest BCUT2D eigenvalue weighted by Gasteiger charge is -2.19. The molecule has 5 rings (SSSR count). The third kappa shape index (κ3) is 4.32. The van der Waals surface area contributed by atoms with Crippen LogP contribution in [0.5, 0.6) is 5.75 Å². The molecular formula is C26H24FN3O3. The highest BCUT2D eigenvalue weighted by atomic mass is 19.1. The Morgan fingerprint density at radius 2 is 1.76 bits per heavy atom. The molecule has 6 nitrogen and oxygen atoms in total. The van der Waals surface area contributed by atoms with Crippen LogP contribution in [0.15, 0.2) is 78.9 Å². The Kier molecular flexibility index (Phi) is 5.79. The van der Waals surface area contributed by atoms with E-state index in [0.717, 1.165) is 11.0 Å². The van der Waals surface area contributed by atoms with Crippen LogP contribution in [0.2, 0.25) is 0 Å². The molecular weight excluding hydrogens is 421 g/mol. The van der Waals surface area contributed by atoms with Gasteiger partial charge < -0.3 is 19.3 Å². The highest BCUT2D eigenvalue weighted by molar-refractivity contribution is 5.96. The molecule has 0 bridgehead atoms. The Morgan fingerprint density at radius 3 is 2.58 bits per heavy atom. The fraction of sp³-hybridized carbons (Fsp3) is 0.231. The molecule has 33 heavy (non-hydrogen) atoms. The first-order valence-corrected chi connectivity index (χ1v) is 11.0. The van der Waals surface area contributed by atoms with E-state index in [1.807, 2.05) is 59.2 Å². The summed E-state index contributed by atoms with van der Waals surface area (Å²) in [5.41, 5.74) is 1.95. The van der Waals surface area contributed by atoms with Gasteiger partial charge in [-0.1, -0.05) is 42.5 Å². The Balaban J connectivity index is 1.40. The maximum atomic E-state index is 14.3. The van der Waals surface area contributed by atoms with Crippen LogP contribution >= 0.6 is 0 Å². The molecule has 7 heteroatoms. The number of hydrogen-bond donors (Lipinski definition) is 1. The highest BCUT2D eigenvalue weighted by Gasteiger charge is 2.36. The van der Waals surface area contributed by atoms with Gasteiger partial charge in [0, 0.05) is 18.9 Å². The van der Waals surface area contributed by atoms with Crippen LogP contribution in [0.25, 0.3) is 11.0 Å². The molecule has 2 atom stereocenters. The fourth-order valence-electron chi connectivity index (χ4n) is 4.35. The summed E-state index contributed by atoms with van der Waals surface area (Å²) in [5, 5.41) is 10.7. The number of rotatable bonds is 7. The summed E-state index contributed by atoms with van der Waals surface area (Å²) in [5.74, 6) is 0.619. The van der Waals surface area contributed by atoms with Gasteiger partial charge in [0.2, 0.25) is 5.91 Å². The second-order valence-electron chi connectivity index (χ2n) is 8.20. The van der Waals surface area contributed by atoms with Gasteiger partial charge in [-0.15, -0.1) is 0 Å². The normalized spacial score (nSPS) is 17.0. The number of aromatic nitrogens is 2. The lowest BCUT2D eigenvalue weighted by atomic mass is 10.1. The number of hydrogen-bond acceptors (Lipinski definition) is 4. The zero-order valence-electron chi connectivity index (χ0n) is 18.0. The topological polar surface area (TPSA) is 67.6 Å². The van der Waals surface area contributed by atoms with Crippen molar-refractivity contribution in [2.75, 3.05) is 18.1 Å². The SMILES string of the molecule is O=C1C[C@@H](c2nc3ccccc3n2C[C@H](O)COc2ccccc2)CN1c1ccccc1F. The van der Waals surface area contributed by atoms with Crippen molar-refractivity contribution >= 4 is 22.6 Å². The number of aliphatic hydroxyl groups excluding tert-OH is 1. The largest absolute Gasteiger partial charge is 0.491 e. The second kappa shape index (κ2) is 9.03. The number of carbonyl (C=O) groups excluding carboxylic acids is 1. The summed E-state index contributed by atoms with van der Waals surface area (Å²) in [7, 11) is 0. The van der Waals surface area contributed by atoms with E-state index in [2.05, 4.69) is 0 Å². The van der Waals surface area contributed by atoms with Crippen LogP contribution in [0.3, 0.4) is 0 Å². The molecule has 168 valence electrons. The number of ether oxygens (including phenoxy) is 1. The molecule has 4 aromatic rings. The first-order valence-electron chi connectivity index (χ1n) is 11.0. The molecule has 0 aliphatic carbocycles. The van der Waals surface area contributed by atoms with Gasteiger partial charge in [-0.3, -0.25) is 4.79 Å². The van der Waals surface area contributed by atoms with E-state index in [9.17, 15) is 14.3 Å². The smallest absolute Gasteiger partial charge is 0.227 e. The number of carbonyl (C=O) groups is 1. The van der Waals surface area contributed by atoms with Crippen LogP contribution < -0.4 is 9.64 Å².